The molecule has 0 aliphatic carbocycles. The molecule has 0 saturated carbocycles. The molecule has 2 heterocycles. The number of aromatic nitrogens is 1. The molecule has 16 heavy (non-hydrogen) atoms. The van der Waals surface area contributed by atoms with Gasteiger partial charge in [0.15, 0.2) is 0 Å². The van der Waals surface area contributed by atoms with Gasteiger partial charge in [-0.25, -0.2) is 0 Å². The number of aryl methyl sites for hydroxylation is 1. The number of aliphatic hydroxyl groups is 1. The second-order valence-electron chi connectivity index (χ2n) is 4.43. The second kappa shape index (κ2) is 4.91. The molecule has 1 aliphatic rings. The van der Waals surface area contributed by atoms with Crippen molar-refractivity contribution in [2.45, 2.75) is 25.5 Å². The van der Waals surface area contributed by atoms with Crippen LogP contribution in [0, 0.1) is 6.92 Å². The molecule has 1 aromatic heterocycles. The zero-order chi connectivity index (χ0) is 11.4. The van der Waals surface area contributed by atoms with Gasteiger partial charge in [-0.3, -0.25) is 4.98 Å². The SMILES string of the molecule is Cc1ccncc1CNCC1(O)CCOC1. The summed E-state index contributed by atoms with van der Waals surface area (Å²) in [7, 11) is 0. The number of pyridine rings is 1. The molecule has 88 valence electrons. The van der Waals surface area contributed by atoms with E-state index in [1.165, 1.54) is 11.1 Å². The van der Waals surface area contributed by atoms with Crippen molar-refractivity contribution in [3.8, 4) is 0 Å². The van der Waals surface area contributed by atoms with Gasteiger partial charge < -0.3 is 15.2 Å². The topological polar surface area (TPSA) is 54.4 Å². The Labute approximate surface area is 95.7 Å². The van der Waals surface area contributed by atoms with Gasteiger partial charge in [0.1, 0.15) is 5.60 Å². The molecular weight excluding hydrogens is 204 g/mol. The fourth-order valence-corrected chi connectivity index (χ4v) is 1.85. The summed E-state index contributed by atoms with van der Waals surface area (Å²) in [5.74, 6) is 0. The second-order valence-corrected chi connectivity index (χ2v) is 4.43. The first-order chi connectivity index (χ1) is 7.70. The Morgan fingerprint density at radius 3 is 3.19 bits per heavy atom. The maximum atomic E-state index is 10.0. The molecule has 1 aliphatic heterocycles. The van der Waals surface area contributed by atoms with Crippen molar-refractivity contribution in [2.75, 3.05) is 19.8 Å². The van der Waals surface area contributed by atoms with Crippen molar-refractivity contribution in [3.05, 3.63) is 29.6 Å². The number of rotatable bonds is 4. The minimum Gasteiger partial charge on any atom is -0.386 e. The summed E-state index contributed by atoms with van der Waals surface area (Å²) in [6.45, 7) is 4.46. The van der Waals surface area contributed by atoms with Crippen molar-refractivity contribution in [3.63, 3.8) is 0 Å². The van der Waals surface area contributed by atoms with E-state index < -0.39 is 5.60 Å². The van der Waals surface area contributed by atoms with Gasteiger partial charge in [-0.15, -0.1) is 0 Å². The average molecular weight is 222 g/mol. The Morgan fingerprint density at radius 1 is 1.62 bits per heavy atom. The Kier molecular flexibility index (Phi) is 3.53. The third-order valence-electron chi connectivity index (χ3n) is 3.00. The largest absolute Gasteiger partial charge is 0.386 e. The van der Waals surface area contributed by atoms with Gasteiger partial charge in [-0.05, 0) is 24.1 Å². The van der Waals surface area contributed by atoms with E-state index in [-0.39, 0.29) is 0 Å². The van der Waals surface area contributed by atoms with Crippen LogP contribution >= 0.6 is 0 Å². The Morgan fingerprint density at radius 2 is 2.50 bits per heavy atom. The maximum absolute atomic E-state index is 10.0. The molecule has 2 rings (SSSR count). The van der Waals surface area contributed by atoms with Crippen molar-refractivity contribution in [2.24, 2.45) is 0 Å². The quantitative estimate of drug-likeness (QED) is 0.784. The summed E-state index contributed by atoms with van der Waals surface area (Å²) in [6.07, 6.45) is 4.36. The van der Waals surface area contributed by atoms with E-state index in [1.807, 2.05) is 12.3 Å². The monoisotopic (exact) mass is 222 g/mol. The summed E-state index contributed by atoms with van der Waals surface area (Å²) in [5.41, 5.74) is 1.71. The van der Waals surface area contributed by atoms with Gasteiger partial charge in [0.25, 0.3) is 0 Å². The third-order valence-corrected chi connectivity index (χ3v) is 3.00. The zero-order valence-electron chi connectivity index (χ0n) is 9.57. The van der Waals surface area contributed by atoms with E-state index >= 15 is 0 Å². The highest BCUT2D eigenvalue weighted by Crippen LogP contribution is 2.17. The van der Waals surface area contributed by atoms with Gasteiger partial charge in [0.05, 0.1) is 6.61 Å². The zero-order valence-corrected chi connectivity index (χ0v) is 9.57. The van der Waals surface area contributed by atoms with Crippen LogP contribution < -0.4 is 5.32 Å². The van der Waals surface area contributed by atoms with E-state index in [1.54, 1.807) is 6.20 Å². The van der Waals surface area contributed by atoms with Crippen LogP contribution in [0.15, 0.2) is 18.5 Å². The molecule has 1 fully saturated rings. The molecule has 0 aromatic carbocycles. The number of ether oxygens (including phenoxy) is 1. The number of hydrogen-bond acceptors (Lipinski definition) is 4. The van der Waals surface area contributed by atoms with Crippen LogP contribution in [0.1, 0.15) is 17.5 Å². The summed E-state index contributed by atoms with van der Waals surface area (Å²) in [4.78, 5) is 4.09. The predicted octanol–water partition coefficient (Wildman–Crippen LogP) is 0.631. The van der Waals surface area contributed by atoms with Gasteiger partial charge in [-0.1, -0.05) is 0 Å². The molecule has 1 aromatic rings. The highest BCUT2D eigenvalue weighted by atomic mass is 16.5. The van der Waals surface area contributed by atoms with Gasteiger partial charge in [0.2, 0.25) is 0 Å². The number of hydrogen-bond donors (Lipinski definition) is 2. The molecule has 0 amide bonds. The first kappa shape index (κ1) is 11.5. The lowest BCUT2D eigenvalue weighted by Crippen LogP contribution is -2.40. The van der Waals surface area contributed by atoms with Crippen molar-refractivity contribution in [1.29, 1.82) is 0 Å². The minimum atomic E-state index is -0.684. The normalized spacial score (nSPS) is 24.9. The van der Waals surface area contributed by atoms with E-state index in [9.17, 15) is 5.11 Å². The van der Waals surface area contributed by atoms with Crippen LogP contribution in [-0.2, 0) is 11.3 Å². The first-order valence-electron chi connectivity index (χ1n) is 5.60. The Bertz CT molecular complexity index is 349. The van der Waals surface area contributed by atoms with Crippen LogP contribution in [0.2, 0.25) is 0 Å². The van der Waals surface area contributed by atoms with E-state index in [0.717, 1.165) is 6.54 Å². The predicted molar refractivity (Wildman–Crippen MR) is 61.1 cm³/mol. The minimum absolute atomic E-state index is 0.437. The van der Waals surface area contributed by atoms with Crippen LogP contribution in [0.25, 0.3) is 0 Å². The molecule has 0 radical (unpaired) electrons. The van der Waals surface area contributed by atoms with Crippen LogP contribution in [0.3, 0.4) is 0 Å². The summed E-state index contributed by atoms with van der Waals surface area (Å²) in [6, 6.07) is 1.99. The van der Waals surface area contributed by atoms with Crippen molar-refractivity contribution < 1.29 is 9.84 Å². The molecule has 0 spiro atoms. The van der Waals surface area contributed by atoms with Crippen LogP contribution in [0.5, 0.6) is 0 Å². The average Bonchev–Trinajstić information content (AvgIpc) is 2.68. The maximum Gasteiger partial charge on any atom is 0.102 e. The van der Waals surface area contributed by atoms with Gasteiger partial charge in [0, 0.05) is 38.5 Å². The van der Waals surface area contributed by atoms with Crippen LogP contribution in [0.4, 0.5) is 0 Å². The first-order valence-corrected chi connectivity index (χ1v) is 5.60. The molecule has 1 saturated heterocycles. The van der Waals surface area contributed by atoms with E-state index in [0.29, 0.717) is 26.2 Å². The molecule has 4 heteroatoms. The lowest BCUT2D eigenvalue weighted by Gasteiger charge is -2.20. The summed E-state index contributed by atoms with van der Waals surface area (Å²) >= 11 is 0. The van der Waals surface area contributed by atoms with Gasteiger partial charge >= 0.3 is 0 Å². The van der Waals surface area contributed by atoms with E-state index in [4.69, 9.17) is 4.74 Å². The summed E-state index contributed by atoms with van der Waals surface area (Å²) < 4.78 is 5.18. The molecule has 1 atom stereocenters. The van der Waals surface area contributed by atoms with E-state index in [2.05, 4.69) is 17.2 Å². The lowest BCUT2D eigenvalue weighted by molar-refractivity contribution is 0.0268. The molecular formula is C12H18N2O2. The standard InChI is InChI=1S/C12H18N2O2/c1-10-2-4-13-6-11(10)7-14-8-12(15)3-5-16-9-12/h2,4,6,14-15H,3,5,7-9H2,1H3. The number of nitrogens with one attached hydrogen (secondary N) is 1. The molecule has 1 unspecified atom stereocenters. The third kappa shape index (κ3) is 2.78. The lowest BCUT2D eigenvalue weighted by atomic mass is 10.0. The Balaban J connectivity index is 1.82. The van der Waals surface area contributed by atoms with Crippen molar-refractivity contribution >= 4 is 0 Å². The number of nitrogens with zero attached hydrogens (tertiary/aromatic N) is 1. The highest BCUT2D eigenvalue weighted by molar-refractivity contribution is 5.21. The fourth-order valence-electron chi connectivity index (χ4n) is 1.85. The molecule has 2 N–H and O–H groups in total. The van der Waals surface area contributed by atoms with Crippen molar-refractivity contribution in [1.82, 2.24) is 10.3 Å². The molecule has 0 bridgehead atoms. The van der Waals surface area contributed by atoms with Gasteiger partial charge in [-0.2, -0.15) is 0 Å². The smallest absolute Gasteiger partial charge is 0.102 e. The van der Waals surface area contributed by atoms with Crippen LogP contribution in [-0.4, -0.2) is 35.5 Å². The highest BCUT2D eigenvalue weighted by Gasteiger charge is 2.31. The summed E-state index contributed by atoms with van der Waals surface area (Å²) in [5, 5.41) is 13.3. The Hall–Kier alpha value is -0.970. The molecule has 4 nitrogen and oxygen atoms in total. The fraction of sp³-hybridized carbons (Fsp3) is 0.583.